The summed E-state index contributed by atoms with van der Waals surface area (Å²) in [6, 6.07) is 8.36. The van der Waals surface area contributed by atoms with Crippen molar-refractivity contribution in [1.29, 1.82) is 0 Å². The number of H-pyrrole nitrogens is 1. The number of hydrogen-bond acceptors (Lipinski definition) is 4. The predicted octanol–water partition coefficient (Wildman–Crippen LogP) is 2.93. The first kappa shape index (κ1) is 20.0. The second kappa shape index (κ2) is 8.99. The van der Waals surface area contributed by atoms with Crippen LogP contribution in [0, 0.1) is 5.92 Å². The largest absolute Gasteiger partial charge is 0.497 e. The van der Waals surface area contributed by atoms with E-state index in [4.69, 9.17) is 4.74 Å². The van der Waals surface area contributed by atoms with Crippen LogP contribution in [0.1, 0.15) is 46.6 Å². The molecule has 1 aliphatic heterocycles. The van der Waals surface area contributed by atoms with Crippen molar-refractivity contribution in [3.05, 3.63) is 46.8 Å². The van der Waals surface area contributed by atoms with E-state index in [2.05, 4.69) is 27.2 Å². The van der Waals surface area contributed by atoms with Crippen LogP contribution in [0.4, 0.5) is 0 Å². The van der Waals surface area contributed by atoms with Gasteiger partial charge in [-0.1, -0.05) is 12.1 Å². The second-order valence-corrected chi connectivity index (χ2v) is 8.45. The number of hydrogen-bond donors (Lipinski definition) is 1. The average Bonchev–Trinajstić information content (AvgIpc) is 3.37. The maximum absolute atomic E-state index is 12.8. The molecule has 1 amide bonds. The number of piperidine rings is 1. The van der Waals surface area contributed by atoms with Gasteiger partial charge in [0.2, 0.25) is 0 Å². The number of nitrogens with zero attached hydrogens (tertiary/aromatic N) is 3. The fourth-order valence-corrected chi connectivity index (χ4v) is 4.62. The van der Waals surface area contributed by atoms with Crippen molar-refractivity contribution in [2.45, 2.75) is 38.5 Å². The highest BCUT2D eigenvalue weighted by Crippen LogP contribution is 2.25. The van der Waals surface area contributed by atoms with Crippen LogP contribution in [0.2, 0.25) is 0 Å². The Morgan fingerprint density at radius 3 is 2.72 bits per heavy atom. The van der Waals surface area contributed by atoms with Gasteiger partial charge >= 0.3 is 0 Å². The van der Waals surface area contributed by atoms with E-state index in [1.54, 1.807) is 7.11 Å². The number of nitrogens with one attached hydrogen (secondary N) is 1. The first-order valence-corrected chi connectivity index (χ1v) is 10.8. The van der Waals surface area contributed by atoms with E-state index in [0.29, 0.717) is 11.6 Å². The Hall–Kier alpha value is -2.34. The van der Waals surface area contributed by atoms with Gasteiger partial charge in [-0.05, 0) is 75.2 Å². The second-order valence-electron chi connectivity index (χ2n) is 8.45. The highest BCUT2D eigenvalue weighted by molar-refractivity contribution is 5.94. The first-order chi connectivity index (χ1) is 14.1. The molecule has 0 saturated carbocycles. The SMILES string of the molecule is COc1ccc(CCN2CCC(CN(C)C(=O)c3n[nH]c4c3CCC4)CC2)cc1. The Labute approximate surface area is 173 Å². The van der Waals surface area contributed by atoms with E-state index in [1.165, 1.54) is 5.56 Å². The van der Waals surface area contributed by atoms with Crippen LogP contribution < -0.4 is 4.74 Å². The molecule has 1 aliphatic carbocycles. The van der Waals surface area contributed by atoms with Crippen molar-refractivity contribution in [1.82, 2.24) is 20.0 Å². The summed E-state index contributed by atoms with van der Waals surface area (Å²) in [6.07, 6.45) is 6.50. The summed E-state index contributed by atoms with van der Waals surface area (Å²) in [7, 11) is 3.62. The summed E-state index contributed by atoms with van der Waals surface area (Å²) in [5.41, 5.74) is 4.31. The van der Waals surface area contributed by atoms with E-state index < -0.39 is 0 Å². The molecule has 0 spiro atoms. The Kier molecular flexibility index (Phi) is 6.19. The molecule has 1 aromatic heterocycles. The third-order valence-corrected chi connectivity index (χ3v) is 6.47. The normalized spacial score (nSPS) is 17.3. The van der Waals surface area contributed by atoms with Crippen molar-refractivity contribution >= 4 is 5.91 Å². The topological polar surface area (TPSA) is 61.5 Å². The zero-order valence-electron chi connectivity index (χ0n) is 17.6. The molecule has 2 aliphatic rings. The molecule has 0 atom stereocenters. The van der Waals surface area contributed by atoms with Gasteiger partial charge in [-0.15, -0.1) is 0 Å². The number of ether oxygens (including phenoxy) is 1. The Morgan fingerprint density at radius 1 is 1.24 bits per heavy atom. The number of likely N-dealkylation sites (tertiary alicyclic amines) is 1. The Balaban J connectivity index is 1.21. The van der Waals surface area contributed by atoms with Gasteiger partial charge in [0.1, 0.15) is 5.75 Å². The van der Waals surface area contributed by atoms with Crippen LogP contribution in [0.25, 0.3) is 0 Å². The third kappa shape index (κ3) is 4.64. The Bertz CT molecular complexity index is 822. The van der Waals surface area contributed by atoms with E-state index in [1.807, 2.05) is 24.1 Å². The monoisotopic (exact) mass is 396 g/mol. The quantitative estimate of drug-likeness (QED) is 0.782. The van der Waals surface area contributed by atoms with Gasteiger partial charge in [0.25, 0.3) is 5.91 Å². The number of amides is 1. The van der Waals surface area contributed by atoms with Gasteiger partial charge in [0.05, 0.1) is 7.11 Å². The summed E-state index contributed by atoms with van der Waals surface area (Å²) in [6.45, 7) is 4.14. The van der Waals surface area contributed by atoms with E-state index >= 15 is 0 Å². The van der Waals surface area contributed by atoms with Gasteiger partial charge in [0, 0.05) is 31.4 Å². The first-order valence-electron chi connectivity index (χ1n) is 10.8. The van der Waals surface area contributed by atoms with Crippen molar-refractivity contribution < 1.29 is 9.53 Å². The molecule has 1 fully saturated rings. The molecule has 29 heavy (non-hydrogen) atoms. The number of aromatic amines is 1. The lowest BCUT2D eigenvalue weighted by Gasteiger charge is -2.33. The fraction of sp³-hybridized carbons (Fsp3) is 0.565. The highest BCUT2D eigenvalue weighted by Gasteiger charge is 2.27. The molecule has 6 nitrogen and oxygen atoms in total. The molecule has 0 unspecified atom stereocenters. The van der Waals surface area contributed by atoms with Gasteiger partial charge in [-0.3, -0.25) is 9.89 Å². The molecule has 1 N–H and O–H groups in total. The minimum absolute atomic E-state index is 0.0753. The summed E-state index contributed by atoms with van der Waals surface area (Å²) in [5, 5.41) is 7.35. The van der Waals surface area contributed by atoms with E-state index in [0.717, 1.165) is 81.7 Å². The smallest absolute Gasteiger partial charge is 0.274 e. The number of carbonyl (C=O) groups excluding carboxylic acids is 1. The maximum atomic E-state index is 12.8. The lowest BCUT2D eigenvalue weighted by molar-refractivity contribution is 0.0733. The summed E-state index contributed by atoms with van der Waals surface area (Å²) in [5.74, 6) is 1.56. The summed E-state index contributed by atoms with van der Waals surface area (Å²) in [4.78, 5) is 17.3. The maximum Gasteiger partial charge on any atom is 0.274 e. The van der Waals surface area contributed by atoms with Gasteiger partial charge in [-0.2, -0.15) is 5.10 Å². The predicted molar refractivity (Wildman–Crippen MR) is 113 cm³/mol. The van der Waals surface area contributed by atoms with Crippen LogP contribution in [0.5, 0.6) is 5.75 Å². The molecular weight excluding hydrogens is 364 g/mol. The average molecular weight is 397 g/mol. The molecule has 6 heteroatoms. The standard InChI is InChI=1S/C23H32N4O2/c1-26(23(28)22-20-4-3-5-21(20)24-25-22)16-18-11-14-27(15-12-18)13-10-17-6-8-19(29-2)9-7-17/h6-9,18H,3-5,10-16H2,1-2H3,(H,24,25). The number of fused-ring (bicyclic) bond motifs is 1. The molecule has 1 saturated heterocycles. The van der Waals surface area contributed by atoms with Crippen molar-refractivity contribution in [2.24, 2.45) is 5.92 Å². The third-order valence-electron chi connectivity index (χ3n) is 6.47. The lowest BCUT2D eigenvalue weighted by Crippen LogP contribution is -2.40. The molecular formula is C23H32N4O2. The number of rotatable bonds is 7. The number of methoxy groups -OCH3 is 1. The van der Waals surface area contributed by atoms with E-state index in [-0.39, 0.29) is 5.91 Å². The van der Waals surface area contributed by atoms with Gasteiger partial charge < -0.3 is 14.5 Å². The number of carbonyl (C=O) groups is 1. The van der Waals surface area contributed by atoms with Crippen LogP contribution in [0.15, 0.2) is 24.3 Å². The van der Waals surface area contributed by atoms with Crippen molar-refractivity contribution in [3.63, 3.8) is 0 Å². The van der Waals surface area contributed by atoms with Crippen LogP contribution in [0.3, 0.4) is 0 Å². The van der Waals surface area contributed by atoms with E-state index in [9.17, 15) is 4.79 Å². The van der Waals surface area contributed by atoms with Gasteiger partial charge in [0.15, 0.2) is 5.69 Å². The summed E-state index contributed by atoms with van der Waals surface area (Å²) < 4.78 is 5.23. The molecule has 156 valence electrons. The highest BCUT2D eigenvalue weighted by atomic mass is 16.5. The molecule has 4 rings (SSSR count). The summed E-state index contributed by atoms with van der Waals surface area (Å²) >= 11 is 0. The number of aromatic nitrogens is 2. The number of benzene rings is 1. The van der Waals surface area contributed by atoms with Crippen molar-refractivity contribution in [2.75, 3.05) is 40.3 Å². The lowest BCUT2D eigenvalue weighted by atomic mass is 9.95. The van der Waals surface area contributed by atoms with Gasteiger partial charge in [-0.25, -0.2) is 0 Å². The minimum Gasteiger partial charge on any atom is -0.497 e. The molecule has 2 heterocycles. The number of aryl methyl sites for hydroxylation is 1. The molecule has 0 bridgehead atoms. The zero-order valence-corrected chi connectivity index (χ0v) is 17.6. The van der Waals surface area contributed by atoms with Crippen LogP contribution >= 0.6 is 0 Å². The molecule has 0 radical (unpaired) electrons. The Morgan fingerprint density at radius 2 is 2.00 bits per heavy atom. The van der Waals surface area contributed by atoms with Crippen LogP contribution in [-0.2, 0) is 19.3 Å². The van der Waals surface area contributed by atoms with Crippen molar-refractivity contribution in [3.8, 4) is 5.75 Å². The van der Waals surface area contributed by atoms with Crippen LogP contribution in [-0.4, -0.2) is 66.2 Å². The molecule has 2 aromatic rings. The molecule has 1 aromatic carbocycles. The minimum atomic E-state index is 0.0753. The fourth-order valence-electron chi connectivity index (χ4n) is 4.62. The zero-order chi connectivity index (χ0) is 20.2.